The summed E-state index contributed by atoms with van der Waals surface area (Å²) in [5.41, 5.74) is 0. The molecule has 1 aliphatic carbocycles. The van der Waals surface area contributed by atoms with E-state index >= 15 is 0 Å². The van der Waals surface area contributed by atoms with Crippen molar-refractivity contribution in [3.8, 4) is 0 Å². The Bertz CT molecular complexity index is 742. The van der Waals surface area contributed by atoms with Crippen LogP contribution in [0, 0.1) is 11.8 Å². The average molecular weight is 433 g/mol. The maximum absolute atomic E-state index is 12.5. The van der Waals surface area contributed by atoms with Gasteiger partial charge in [0, 0.05) is 0 Å². The Morgan fingerprint density at radius 1 is 0.926 bits per heavy atom. The third-order valence-corrected chi connectivity index (χ3v) is 9.72. The molecule has 1 saturated carbocycles. The van der Waals surface area contributed by atoms with Crippen molar-refractivity contribution in [3.63, 3.8) is 0 Å². The van der Waals surface area contributed by atoms with Crippen LogP contribution in [0.1, 0.15) is 38.5 Å². The molecule has 0 radical (unpaired) electrons. The third-order valence-electron chi connectivity index (χ3n) is 6.89. The molecular formula is C21H26N2O3Se. The number of hydroxylamine groups is 2. The second kappa shape index (κ2) is 7.00. The summed E-state index contributed by atoms with van der Waals surface area (Å²) in [5, 5.41) is 2.10. The summed E-state index contributed by atoms with van der Waals surface area (Å²) in [4.78, 5) is 33.1. The van der Waals surface area contributed by atoms with Crippen LogP contribution in [0.15, 0.2) is 30.3 Å². The molecule has 2 amide bonds. The number of carbonyl (C=O) groups excluding carboxylic acids is 2. The number of piperidine rings is 1. The summed E-state index contributed by atoms with van der Waals surface area (Å²) >= 11 is 0.519. The van der Waals surface area contributed by atoms with E-state index in [1.807, 2.05) is 0 Å². The normalized spacial score (nSPS) is 39.1. The van der Waals surface area contributed by atoms with Crippen molar-refractivity contribution in [2.24, 2.45) is 11.8 Å². The zero-order valence-electron chi connectivity index (χ0n) is 15.6. The van der Waals surface area contributed by atoms with E-state index in [4.69, 9.17) is 4.84 Å². The van der Waals surface area contributed by atoms with Crippen LogP contribution in [0.2, 0.25) is 4.82 Å². The quantitative estimate of drug-likeness (QED) is 0.527. The van der Waals surface area contributed by atoms with Crippen LogP contribution in [0.4, 0.5) is 0 Å². The van der Waals surface area contributed by atoms with Crippen LogP contribution in [-0.2, 0) is 14.4 Å². The van der Waals surface area contributed by atoms with E-state index in [2.05, 4.69) is 35.4 Å². The zero-order valence-corrected chi connectivity index (χ0v) is 17.3. The standard InChI is InChI=1S/C21H26N2O3Se/c1-22-20(24)18-17-11-8-13-7-9-15(27-14-5-3-2-4-6-14)10-12-16(13)23(17)26-19(18)21(22)25/h2-6,13,15-19H,7-12H2,1H3/t13-,15+,16-,17+,18+,19-/m1/s1. The first-order valence-electron chi connectivity index (χ1n) is 10.1. The Hall–Kier alpha value is -1.20. The van der Waals surface area contributed by atoms with Gasteiger partial charge in [0.25, 0.3) is 0 Å². The van der Waals surface area contributed by atoms with Crippen LogP contribution in [-0.4, -0.2) is 62.0 Å². The van der Waals surface area contributed by atoms with Gasteiger partial charge in [0.05, 0.1) is 0 Å². The second-order valence-electron chi connectivity index (χ2n) is 8.33. The molecule has 5 rings (SSSR count). The molecule has 3 saturated heterocycles. The van der Waals surface area contributed by atoms with Gasteiger partial charge >= 0.3 is 166 Å². The van der Waals surface area contributed by atoms with Crippen molar-refractivity contribution >= 4 is 31.2 Å². The first-order valence-corrected chi connectivity index (χ1v) is 12.0. The Kier molecular flexibility index (Phi) is 4.63. The fourth-order valence-corrected chi connectivity index (χ4v) is 8.01. The van der Waals surface area contributed by atoms with Crippen LogP contribution in [0.3, 0.4) is 0 Å². The zero-order chi connectivity index (χ0) is 18.5. The Morgan fingerprint density at radius 2 is 1.63 bits per heavy atom. The summed E-state index contributed by atoms with van der Waals surface area (Å²) in [6.07, 6.45) is 6.45. The molecular weight excluding hydrogens is 407 g/mol. The summed E-state index contributed by atoms with van der Waals surface area (Å²) < 4.78 is 1.49. The van der Waals surface area contributed by atoms with Gasteiger partial charge in [-0.1, -0.05) is 0 Å². The molecule has 5 nitrogen and oxygen atoms in total. The van der Waals surface area contributed by atoms with Crippen molar-refractivity contribution in [2.45, 2.75) is 61.5 Å². The van der Waals surface area contributed by atoms with E-state index in [9.17, 15) is 9.59 Å². The average Bonchev–Trinajstić information content (AvgIpc) is 3.07. The molecule has 1 aromatic rings. The van der Waals surface area contributed by atoms with Gasteiger partial charge in [-0.15, -0.1) is 0 Å². The van der Waals surface area contributed by atoms with E-state index in [0.29, 0.717) is 26.9 Å². The molecule has 3 heterocycles. The summed E-state index contributed by atoms with van der Waals surface area (Å²) in [5.74, 6) is 0.153. The third kappa shape index (κ3) is 2.98. The predicted octanol–water partition coefficient (Wildman–Crippen LogP) is 1.76. The van der Waals surface area contributed by atoms with Crippen molar-refractivity contribution in [1.29, 1.82) is 0 Å². The van der Waals surface area contributed by atoms with Gasteiger partial charge in [-0.2, -0.15) is 0 Å². The number of rotatable bonds is 2. The van der Waals surface area contributed by atoms with Gasteiger partial charge < -0.3 is 0 Å². The van der Waals surface area contributed by atoms with Gasteiger partial charge in [-0.3, -0.25) is 0 Å². The SMILES string of the molecule is CN1C(=O)[C@@H]2[C@@H](ON3[C@@H]4CC[C@@H]([Se]c5ccccc5)CC[C@@H]4CC[C@@H]23)C1=O. The summed E-state index contributed by atoms with van der Waals surface area (Å²) in [7, 11) is 1.59. The van der Waals surface area contributed by atoms with E-state index < -0.39 is 6.10 Å². The number of imide groups is 1. The van der Waals surface area contributed by atoms with E-state index in [1.165, 1.54) is 28.6 Å². The molecule has 6 atom stereocenters. The number of nitrogens with zero attached hydrogens (tertiary/aromatic N) is 2. The number of likely N-dealkylation sites (tertiary alicyclic amines) is 1. The predicted molar refractivity (Wildman–Crippen MR) is 102 cm³/mol. The number of hydrogen-bond donors (Lipinski definition) is 0. The number of likely N-dealkylation sites (N-methyl/N-ethyl adjacent to an activating group) is 1. The fourth-order valence-electron chi connectivity index (χ4n) is 5.48. The molecule has 144 valence electrons. The van der Waals surface area contributed by atoms with Crippen molar-refractivity contribution in [3.05, 3.63) is 30.3 Å². The van der Waals surface area contributed by atoms with Crippen molar-refractivity contribution < 1.29 is 14.4 Å². The van der Waals surface area contributed by atoms with E-state index in [1.54, 1.807) is 7.05 Å². The molecule has 0 N–H and O–H groups in total. The van der Waals surface area contributed by atoms with Gasteiger partial charge in [0.15, 0.2) is 0 Å². The van der Waals surface area contributed by atoms with E-state index in [0.717, 1.165) is 24.1 Å². The molecule has 6 heteroatoms. The Morgan fingerprint density at radius 3 is 2.44 bits per heavy atom. The minimum absolute atomic E-state index is 0.0464. The van der Waals surface area contributed by atoms with Crippen LogP contribution >= 0.6 is 0 Å². The first-order chi connectivity index (χ1) is 13.1. The van der Waals surface area contributed by atoms with Gasteiger partial charge in [-0.25, -0.2) is 0 Å². The number of fused-ring (bicyclic) bond motifs is 5. The molecule has 0 unspecified atom stereocenters. The molecule has 0 aromatic heterocycles. The Balaban J connectivity index is 1.30. The molecule has 4 fully saturated rings. The van der Waals surface area contributed by atoms with Gasteiger partial charge in [0.2, 0.25) is 0 Å². The fraction of sp³-hybridized carbons (Fsp3) is 0.619. The van der Waals surface area contributed by atoms with Crippen molar-refractivity contribution in [2.75, 3.05) is 7.05 Å². The Labute approximate surface area is 166 Å². The molecule has 27 heavy (non-hydrogen) atoms. The van der Waals surface area contributed by atoms with Crippen molar-refractivity contribution in [1.82, 2.24) is 9.96 Å². The monoisotopic (exact) mass is 434 g/mol. The number of carbonyl (C=O) groups is 2. The number of amides is 2. The summed E-state index contributed by atoms with van der Waals surface area (Å²) in [6.45, 7) is 0. The second-order valence-corrected chi connectivity index (χ2v) is 11.2. The molecule has 0 bridgehead atoms. The minimum atomic E-state index is -0.571. The van der Waals surface area contributed by atoms with E-state index in [-0.39, 0.29) is 23.8 Å². The molecule has 1 aromatic carbocycles. The van der Waals surface area contributed by atoms with Crippen LogP contribution < -0.4 is 4.46 Å². The number of hydrogen-bond acceptors (Lipinski definition) is 4. The van der Waals surface area contributed by atoms with Gasteiger partial charge in [-0.05, 0) is 0 Å². The molecule has 4 aliphatic rings. The first kappa shape index (κ1) is 17.9. The van der Waals surface area contributed by atoms with Crippen LogP contribution in [0.5, 0.6) is 0 Å². The maximum atomic E-state index is 12.5. The van der Waals surface area contributed by atoms with Gasteiger partial charge in [0.1, 0.15) is 0 Å². The van der Waals surface area contributed by atoms with Crippen LogP contribution in [0.25, 0.3) is 0 Å². The molecule has 0 spiro atoms. The topological polar surface area (TPSA) is 49.9 Å². The summed E-state index contributed by atoms with van der Waals surface area (Å²) in [6, 6.07) is 11.3. The molecule has 3 aliphatic heterocycles. The number of benzene rings is 1.